The van der Waals surface area contributed by atoms with Crippen molar-refractivity contribution in [2.45, 2.75) is 0 Å². The van der Waals surface area contributed by atoms with Crippen LogP contribution in [0.1, 0.15) is 0 Å². The van der Waals surface area contributed by atoms with Gasteiger partial charge in [0.2, 0.25) is 0 Å². The van der Waals surface area contributed by atoms with E-state index in [4.69, 9.17) is 0 Å². The summed E-state index contributed by atoms with van der Waals surface area (Å²) < 4.78 is 13.0. The molecule has 3 rings (SSSR count). The molecule has 0 saturated carbocycles. The zero-order valence-electron chi connectivity index (χ0n) is 13.7. The Bertz CT molecular complexity index is 601. The van der Waals surface area contributed by atoms with Crippen LogP contribution < -0.4 is 10.3 Å². The van der Waals surface area contributed by atoms with Gasteiger partial charge in [0.05, 0.1) is 0 Å². The van der Waals surface area contributed by atoms with Crippen molar-refractivity contribution in [1.82, 2.24) is 20.2 Å². The van der Waals surface area contributed by atoms with Crippen LogP contribution >= 0.6 is 0 Å². The highest BCUT2D eigenvalue weighted by Crippen LogP contribution is 2.20. The van der Waals surface area contributed by atoms with Gasteiger partial charge in [-0.05, 0) is 31.3 Å². The van der Waals surface area contributed by atoms with Gasteiger partial charge in [-0.3, -0.25) is 15.1 Å². The summed E-state index contributed by atoms with van der Waals surface area (Å²) in [5.74, 6) is -0.525. The Kier molecular flexibility index (Phi) is 4.96. The molecule has 0 spiro atoms. The Morgan fingerprint density at radius 2 is 1.75 bits per heavy atom. The quantitative estimate of drug-likeness (QED) is 0.862. The molecule has 1 aromatic rings. The Morgan fingerprint density at radius 3 is 2.42 bits per heavy atom. The number of carbonyl (C=O) groups is 2. The van der Waals surface area contributed by atoms with Crippen LogP contribution in [0.5, 0.6) is 0 Å². The molecule has 0 unspecified atom stereocenters. The van der Waals surface area contributed by atoms with Crippen LogP contribution in [0.25, 0.3) is 0 Å². The summed E-state index contributed by atoms with van der Waals surface area (Å²) in [5.41, 5.74) is 3.50. The molecular weight excluding hydrogens is 313 g/mol. The third-order valence-corrected chi connectivity index (χ3v) is 4.35. The highest BCUT2D eigenvalue weighted by atomic mass is 19.1. The zero-order chi connectivity index (χ0) is 17.1. The molecule has 0 aromatic heterocycles. The van der Waals surface area contributed by atoms with Crippen molar-refractivity contribution in [1.29, 1.82) is 0 Å². The maximum Gasteiger partial charge on any atom is 0.325 e. The van der Waals surface area contributed by atoms with Crippen LogP contribution in [0.4, 0.5) is 14.9 Å². The molecule has 2 saturated heterocycles. The molecule has 1 N–H and O–H groups in total. The van der Waals surface area contributed by atoms with Crippen LogP contribution in [-0.4, -0.2) is 79.6 Å². The third kappa shape index (κ3) is 3.82. The summed E-state index contributed by atoms with van der Waals surface area (Å²) in [4.78, 5) is 29.8. The van der Waals surface area contributed by atoms with Crippen molar-refractivity contribution in [3.63, 3.8) is 0 Å². The van der Waals surface area contributed by atoms with Crippen LogP contribution in [0.3, 0.4) is 0 Å². The number of hydrogen-bond acceptors (Lipinski definition) is 4. The highest BCUT2D eigenvalue weighted by molar-refractivity contribution is 5.96. The summed E-state index contributed by atoms with van der Waals surface area (Å²) >= 11 is 0. The van der Waals surface area contributed by atoms with Crippen molar-refractivity contribution in [3.8, 4) is 0 Å². The smallest absolute Gasteiger partial charge is 0.313 e. The van der Waals surface area contributed by atoms with Gasteiger partial charge in [-0.1, -0.05) is 0 Å². The second kappa shape index (κ2) is 7.14. The van der Waals surface area contributed by atoms with E-state index in [1.165, 1.54) is 17.0 Å². The standard InChI is InChI=1S/C16H22FN5O2/c1-19-6-9-21(10-7-19)18-15(23)12-20-8-11-22(16(20)24)14-4-2-13(17)3-5-14/h2-5H,6-12H2,1H3,(H,18,23). The minimum Gasteiger partial charge on any atom is -0.313 e. The van der Waals surface area contributed by atoms with Crippen LogP contribution in [-0.2, 0) is 4.79 Å². The summed E-state index contributed by atoms with van der Waals surface area (Å²) in [6.07, 6.45) is 0. The van der Waals surface area contributed by atoms with E-state index in [9.17, 15) is 14.0 Å². The molecule has 24 heavy (non-hydrogen) atoms. The average Bonchev–Trinajstić information content (AvgIpc) is 2.91. The second-order valence-corrected chi connectivity index (χ2v) is 6.16. The number of halogens is 1. The van der Waals surface area contributed by atoms with Gasteiger partial charge in [-0.25, -0.2) is 14.2 Å². The highest BCUT2D eigenvalue weighted by Gasteiger charge is 2.31. The maximum absolute atomic E-state index is 13.0. The number of hydrogen-bond donors (Lipinski definition) is 1. The molecule has 2 fully saturated rings. The Morgan fingerprint density at radius 1 is 1.08 bits per heavy atom. The van der Waals surface area contributed by atoms with E-state index in [2.05, 4.69) is 10.3 Å². The molecule has 130 valence electrons. The SMILES string of the molecule is CN1CCN(NC(=O)CN2CCN(c3ccc(F)cc3)C2=O)CC1. The van der Waals surface area contributed by atoms with Gasteiger partial charge in [0.15, 0.2) is 0 Å². The average molecular weight is 335 g/mol. The van der Waals surface area contributed by atoms with Crippen molar-refractivity contribution < 1.29 is 14.0 Å². The van der Waals surface area contributed by atoms with Crippen LogP contribution in [0.2, 0.25) is 0 Å². The van der Waals surface area contributed by atoms with E-state index < -0.39 is 0 Å². The van der Waals surface area contributed by atoms with Crippen molar-refractivity contribution >= 4 is 17.6 Å². The monoisotopic (exact) mass is 335 g/mol. The van der Waals surface area contributed by atoms with E-state index in [1.807, 2.05) is 12.1 Å². The van der Waals surface area contributed by atoms with Gasteiger partial charge in [0.1, 0.15) is 12.4 Å². The lowest BCUT2D eigenvalue weighted by Gasteiger charge is -2.32. The van der Waals surface area contributed by atoms with Gasteiger partial charge in [-0.2, -0.15) is 0 Å². The van der Waals surface area contributed by atoms with Crippen LogP contribution in [0, 0.1) is 5.82 Å². The van der Waals surface area contributed by atoms with Gasteiger partial charge in [0, 0.05) is 45.0 Å². The normalized spacial score (nSPS) is 19.8. The van der Waals surface area contributed by atoms with E-state index in [1.54, 1.807) is 17.0 Å². The number of rotatable bonds is 4. The molecule has 3 amide bonds. The van der Waals surface area contributed by atoms with E-state index in [0.717, 1.165) is 26.2 Å². The van der Waals surface area contributed by atoms with Crippen molar-refractivity contribution in [2.24, 2.45) is 0 Å². The van der Waals surface area contributed by atoms with Gasteiger partial charge < -0.3 is 9.80 Å². The lowest BCUT2D eigenvalue weighted by Crippen LogP contribution is -2.54. The zero-order valence-corrected chi connectivity index (χ0v) is 13.7. The summed E-state index contributed by atoms with van der Waals surface area (Å²) in [7, 11) is 2.05. The predicted octanol–water partition coefficient (Wildman–Crippen LogP) is 0.346. The maximum atomic E-state index is 13.0. The van der Waals surface area contributed by atoms with E-state index >= 15 is 0 Å². The molecule has 1 aromatic carbocycles. The third-order valence-electron chi connectivity index (χ3n) is 4.35. The molecule has 2 heterocycles. The second-order valence-electron chi connectivity index (χ2n) is 6.16. The number of amides is 3. The largest absolute Gasteiger partial charge is 0.325 e. The molecule has 8 heteroatoms. The summed E-state index contributed by atoms with van der Waals surface area (Å²) in [6.45, 7) is 4.36. The minimum atomic E-state index is -0.339. The number of anilines is 1. The number of carbonyl (C=O) groups excluding carboxylic acids is 2. The van der Waals surface area contributed by atoms with E-state index in [-0.39, 0.29) is 24.3 Å². The Balaban J connectivity index is 1.52. The fourth-order valence-electron chi connectivity index (χ4n) is 2.89. The molecule has 7 nitrogen and oxygen atoms in total. The van der Waals surface area contributed by atoms with E-state index in [0.29, 0.717) is 18.8 Å². The predicted molar refractivity (Wildman–Crippen MR) is 87.9 cm³/mol. The number of hydrazine groups is 1. The van der Waals surface area contributed by atoms with Gasteiger partial charge in [0.25, 0.3) is 5.91 Å². The molecular formula is C16H22FN5O2. The minimum absolute atomic E-state index is 0.0306. The first-order valence-corrected chi connectivity index (χ1v) is 8.08. The molecule has 0 aliphatic carbocycles. The summed E-state index contributed by atoms with van der Waals surface area (Å²) in [6, 6.07) is 5.56. The fraction of sp³-hybridized carbons (Fsp3) is 0.500. The lowest BCUT2D eigenvalue weighted by molar-refractivity contribution is -0.127. The van der Waals surface area contributed by atoms with Crippen molar-refractivity contribution in [2.75, 3.05) is 57.8 Å². The van der Waals surface area contributed by atoms with Gasteiger partial charge >= 0.3 is 6.03 Å². The van der Waals surface area contributed by atoms with Gasteiger partial charge in [-0.15, -0.1) is 0 Å². The number of nitrogens with zero attached hydrogens (tertiary/aromatic N) is 4. The number of likely N-dealkylation sites (N-methyl/N-ethyl adjacent to an activating group) is 1. The molecule has 0 bridgehead atoms. The summed E-state index contributed by atoms with van der Waals surface area (Å²) in [5, 5.41) is 1.89. The molecule has 2 aliphatic rings. The number of benzene rings is 1. The lowest BCUT2D eigenvalue weighted by atomic mass is 10.3. The molecule has 0 radical (unpaired) electrons. The first-order chi connectivity index (χ1) is 11.5. The topological polar surface area (TPSA) is 59.1 Å². The molecule has 0 atom stereocenters. The fourth-order valence-corrected chi connectivity index (χ4v) is 2.89. The van der Waals surface area contributed by atoms with Crippen LogP contribution in [0.15, 0.2) is 24.3 Å². The number of urea groups is 1. The Hall–Kier alpha value is -2.19. The first-order valence-electron chi connectivity index (χ1n) is 8.08. The Labute approximate surface area is 140 Å². The van der Waals surface area contributed by atoms with Crippen molar-refractivity contribution in [3.05, 3.63) is 30.1 Å². The number of piperazine rings is 1. The molecule has 2 aliphatic heterocycles. The number of nitrogens with one attached hydrogen (secondary N) is 1. The first kappa shape index (κ1) is 16.7.